The van der Waals surface area contributed by atoms with E-state index < -0.39 is 46.7 Å². The second kappa shape index (κ2) is 17.7. The van der Waals surface area contributed by atoms with Gasteiger partial charge in [0.05, 0.1) is 54.0 Å². The zero-order valence-corrected chi connectivity index (χ0v) is 40.5. The molecule has 4 aromatic rings. The topological polar surface area (TPSA) is 164 Å². The van der Waals surface area contributed by atoms with Gasteiger partial charge in [-0.25, -0.2) is 15.2 Å². The SMILES string of the molecule is CCn1c(-c2cccnc2[C@H](C)OC)c2c3cc(ccc31)-c1csc(n1)CC1(OC1C(=O)[C@H](C(C)C)N(C)C(=O)N1CCOC3(CN(C)C3)C1)C(=O)N1CCC[C@H](N1)C(=O)OCC(C)(C)C2. The maximum absolute atomic E-state index is 15.0. The molecule has 16 nitrogen and oxygen atoms in total. The van der Waals surface area contributed by atoms with E-state index in [0.717, 1.165) is 57.8 Å². The van der Waals surface area contributed by atoms with Gasteiger partial charge in [-0.2, -0.15) is 0 Å². The second-order valence-electron chi connectivity index (χ2n) is 20.1. The predicted molar refractivity (Wildman–Crippen MR) is 250 cm³/mol. The molecular formula is C49H64N8O8S. The third-order valence-electron chi connectivity index (χ3n) is 14.1. The molecule has 354 valence electrons. The van der Waals surface area contributed by atoms with E-state index >= 15 is 0 Å². The van der Waals surface area contributed by atoms with Crippen molar-refractivity contribution in [1.82, 2.24) is 39.7 Å². The summed E-state index contributed by atoms with van der Waals surface area (Å²) in [5, 5.41) is 5.10. The van der Waals surface area contributed by atoms with Gasteiger partial charge in [0.1, 0.15) is 11.6 Å². The Kier molecular flexibility index (Phi) is 12.4. The number of morpholine rings is 1. The highest BCUT2D eigenvalue weighted by molar-refractivity contribution is 7.10. The Hall–Kier alpha value is -4.78. The van der Waals surface area contributed by atoms with E-state index in [1.807, 2.05) is 39.3 Å². The Bertz CT molecular complexity index is 2530. The number of fused-ring (bicyclic) bond motifs is 6. The van der Waals surface area contributed by atoms with Gasteiger partial charge in [-0.3, -0.25) is 24.4 Å². The molecule has 5 atom stereocenters. The van der Waals surface area contributed by atoms with Crippen LogP contribution >= 0.6 is 11.3 Å². The average molecular weight is 925 g/mol. The minimum absolute atomic E-state index is 0.0295. The Morgan fingerprint density at radius 3 is 2.61 bits per heavy atom. The summed E-state index contributed by atoms with van der Waals surface area (Å²) >= 11 is 1.41. The van der Waals surface area contributed by atoms with Crippen molar-refractivity contribution < 1.29 is 38.1 Å². The molecule has 2 unspecified atom stereocenters. The van der Waals surface area contributed by atoms with E-state index in [-0.39, 0.29) is 36.9 Å². The first kappa shape index (κ1) is 46.3. The number of esters is 1. The van der Waals surface area contributed by atoms with Crippen molar-refractivity contribution in [1.29, 1.82) is 0 Å². The van der Waals surface area contributed by atoms with Gasteiger partial charge in [0.25, 0.3) is 5.91 Å². The van der Waals surface area contributed by atoms with Crippen LogP contribution in [0.3, 0.4) is 0 Å². The Morgan fingerprint density at radius 2 is 1.88 bits per heavy atom. The molecule has 6 bridgehead atoms. The number of hydrogen-bond acceptors (Lipinski definition) is 13. The number of amides is 3. The van der Waals surface area contributed by atoms with Crippen LogP contribution in [0, 0.1) is 11.3 Å². The van der Waals surface area contributed by atoms with Crippen molar-refractivity contribution in [2.45, 2.75) is 109 Å². The Balaban J connectivity index is 1.09. The number of hydrazine groups is 1. The molecule has 3 amide bonds. The summed E-state index contributed by atoms with van der Waals surface area (Å²) in [6, 6.07) is 8.52. The van der Waals surface area contributed by atoms with Crippen LogP contribution in [0.25, 0.3) is 33.4 Å². The van der Waals surface area contributed by atoms with Crippen LogP contribution in [0.2, 0.25) is 0 Å². The number of likely N-dealkylation sites (tertiary alicyclic amines) is 1. The molecule has 0 radical (unpaired) electrons. The number of nitrogens with zero attached hydrogens (tertiary/aromatic N) is 7. The molecule has 0 aliphatic carbocycles. The Labute approximate surface area is 390 Å². The number of hydrogen-bond donors (Lipinski definition) is 1. The molecule has 17 heteroatoms. The maximum atomic E-state index is 15.0. The Morgan fingerprint density at radius 1 is 1.09 bits per heavy atom. The average Bonchev–Trinajstić information content (AvgIpc) is 3.70. The number of carbonyl (C=O) groups is 4. The lowest BCUT2D eigenvalue weighted by Crippen LogP contribution is -2.70. The fourth-order valence-electron chi connectivity index (χ4n) is 10.9. The smallest absolute Gasteiger partial charge is 0.324 e. The fourth-order valence-corrected chi connectivity index (χ4v) is 11.8. The lowest BCUT2D eigenvalue weighted by Gasteiger charge is -2.53. The van der Waals surface area contributed by atoms with E-state index in [1.165, 1.54) is 21.2 Å². The van der Waals surface area contributed by atoms with Crippen LogP contribution in [0.4, 0.5) is 4.79 Å². The van der Waals surface area contributed by atoms with Crippen LogP contribution in [0.15, 0.2) is 41.9 Å². The largest absolute Gasteiger partial charge is 0.464 e. The number of methoxy groups -OCH3 is 1. The van der Waals surface area contributed by atoms with Crippen LogP contribution in [-0.4, -0.2) is 154 Å². The van der Waals surface area contributed by atoms with Crippen molar-refractivity contribution in [3.8, 4) is 22.5 Å². The molecule has 1 N–H and O–H groups in total. The first-order valence-corrected chi connectivity index (χ1v) is 24.2. The molecule has 1 aromatic carbocycles. The second-order valence-corrected chi connectivity index (χ2v) is 21.1. The number of ketones is 1. The first-order chi connectivity index (χ1) is 31.5. The predicted octanol–water partition coefficient (Wildman–Crippen LogP) is 5.52. The molecule has 3 aromatic heterocycles. The van der Waals surface area contributed by atoms with E-state index in [2.05, 4.69) is 59.9 Å². The number of urea groups is 1. The normalized spacial score (nSPS) is 25.1. The molecule has 4 fully saturated rings. The van der Waals surface area contributed by atoms with Crippen molar-refractivity contribution in [2.75, 3.05) is 67.1 Å². The van der Waals surface area contributed by atoms with Gasteiger partial charge < -0.3 is 38.2 Å². The summed E-state index contributed by atoms with van der Waals surface area (Å²) in [4.78, 5) is 73.4. The number of aromatic nitrogens is 3. The van der Waals surface area contributed by atoms with Crippen LogP contribution in [0.5, 0.6) is 0 Å². The number of rotatable bonds is 8. The fraction of sp³-hybridized carbons (Fsp3) is 0.592. The number of thiazole rings is 1. The number of Topliss-reactive ketones (excluding diaryl/α,β-unsaturated/α-hetero) is 1. The molecule has 9 rings (SSSR count). The number of epoxide rings is 1. The van der Waals surface area contributed by atoms with E-state index in [9.17, 15) is 19.2 Å². The highest BCUT2D eigenvalue weighted by Gasteiger charge is 2.69. The lowest BCUT2D eigenvalue weighted by atomic mass is 9.84. The van der Waals surface area contributed by atoms with Crippen molar-refractivity contribution >= 4 is 45.9 Å². The number of benzene rings is 1. The molecular weight excluding hydrogens is 861 g/mol. The van der Waals surface area contributed by atoms with Gasteiger partial charge in [-0.05, 0) is 75.9 Å². The third kappa shape index (κ3) is 8.33. The minimum Gasteiger partial charge on any atom is -0.464 e. The third-order valence-corrected chi connectivity index (χ3v) is 15.0. The quantitative estimate of drug-likeness (QED) is 0.174. The minimum atomic E-state index is -1.61. The zero-order chi connectivity index (χ0) is 46.9. The molecule has 5 aliphatic rings. The molecule has 66 heavy (non-hydrogen) atoms. The van der Waals surface area contributed by atoms with Gasteiger partial charge in [0, 0.05) is 92.3 Å². The maximum Gasteiger partial charge on any atom is 0.324 e. The van der Waals surface area contributed by atoms with Crippen molar-refractivity contribution in [3.05, 3.63) is 58.2 Å². The van der Waals surface area contributed by atoms with E-state index in [0.29, 0.717) is 57.1 Å². The molecule has 5 aliphatic heterocycles. The summed E-state index contributed by atoms with van der Waals surface area (Å²) in [5.74, 6) is -1.54. The molecule has 2 spiro atoms. The highest BCUT2D eigenvalue weighted by atomic mass is 32.1. The first-order valence-electron chi connectivity index (χ1n) is 23.4. The van der Waals surface area contributed by atoms with Gasteiger partial charge >= 0.3 is 12.0 Å². The number of aryl methyl sites for hydroxylation is 1. The number of likely N-dealkylation sites (N-methyl/N-ethyl adjacent to an activating group) is 2. The monoisotopic (exact) mass is 924 g/mol. The standard InChI is InChI=1S/C49H64N8O8S/c1-10-56-37-16-15-31-21-33(37)34(41(56)32-13-11-17-50-39(32)30(4)62-9)22-47(5,6)28-63-44(59)35-14-12-18-57(52-35)45(60)49(23-38-51-36(31)24-66-38)43(65-49)42(58)40(29(2)3)54(8)46(61)55-19-20-64-48(27-55)25-53(7)26-48/h11,13,15-17,21,24,29-30,35,40,43,52H,10,12,14,18-20,22-23,25-28H2,1-9H3/t30-,35-,40-,43?,49?/m0/s1. The van der Waals surface area contributed by atoms with E-state index in [4.69, 9.17) is 28.9 Å². The lowest BCUT2D eigenvalue weighted by molar-refractivity contribution is -0.170. The summed E-state index contributed by atoms with van der Waals surface area (Å²) in [5.41, 5.74) is 7.31. The zero-order valence-electron chi connectivity index (χ0n) is 39.7. The van der Waals surface area contributed by atoms with Gasteiger partial charge in [-0.1, -0.05) is 33.8 Å². The summed E-state index contributed by atoms with van der Waals surface area (Å²) in [7, 11) is 5.37. The summed E-state index contributed by atoms with van der Waals surface area (Å²) < 4.78 is 26.8. The van der Waals surface area contributed by atoms with Crippen LogP contribution in [-0.2, 0) is 52.7 Å². The van der Waals surface area contributed by atoms with Gasteiger partial charge in [0.15, 0.2) is 17.5 Å². The molecule has 0 saturated carbocycles. The summed E-state index contributed by atoms with van der Waals surface area (Å²) in [6.07, 6.45) is 2.01. The van der Waals surface area contributed by atoms with Gasteiger partial charge in [-0.15, -0.1) is 11.3 Å². The van der Waals surface area contributed by atoms with Crippen molar-refractivity contribution in [3.63, 3.8) is 0 Å². The number of cyclic esters (lactones) is 1. The molecule has 4 saturated heterocycles. The van der Waals surface area contributed by atoms with Crippen molar-refractivity contribution in [2.24, 2.45) is 11.3 Å². The summed E-state index contributed by atoms with van der Waals surface area (Å²) in [6.45, 7) is 16.0. The number of nitrogens with one attached hydrogen (secondary N) is 1. The number of pyridine rings is 1. The number of ether oxygens (including phenoxy) is 4. The van der Waals surface area contributed by atoms with Gasteiger partial charge in [0.2, 0.25) is 0 Å². The highest BCUT2D eigenvalue weighted by Crippen LogP contribution is 2.46. The van der Waals surface area contributed by atoms with Crippen LogP contribution in [0.1, 0.15) is 76.8 Å². The van der Waals surface area contributed by atoms with Crippen LogP contribution < -0.4 is 5.43 Å². The number of carbonyl (C=O) groups excluding carboxylic acids is 4. The molecule has 8 heterocycles. The van der Waals surface area contributed by atoms with E-state index in [1.54, 1.807) is 25.3 Å².